The van der Waals surface area contributed by atoms with Crippen molar-refractivity contribution in [3.05, 3.63) is 150 Å². The van der Waals surface area contributed by atoms with E-state index in [2.05, 4.69) is 6.92 Å². The van der Waals surface area contributed by atoms with Gasteiger partial charge in [-0.25, -0.2) is 16.8 Å². The Kier molecular flexibility index (Phi) is 11.0. The molecule has 0 amide bonds. The standard InChI is InChI=1S/C43H40Cl2O6S2/c1-5-29-42(3,45)30-11-19-34(20-12-30)53(48,49)37-25-17-33(18-26-37)50-40-27-28-41(39-10-8-7-9-38(39)40)51-43(4,6-2)31-13-21-35(22-14-31)52(46,47)36-23-15-32(44)16-24-36/h7-28H,5-6,29H2,1-4H3. The zero-order chi connectivity index (χ0) is 38.0. The normalized spacial score (nSPS) is 14.3. The largest absolute Gasteiger partial charge is 0.482 e. The lowest BCUT2D eigenvalue weighted by molar-refractivity contribution is 0.0844. The third-order valence-corrected chi connectivity index (χ3v) is 13.8. The minimum absolute atomic E-state index is 0.155. The molecule has 6 nitrogen and oxygen atoms in total. The molecule has 0 aliphatic carbocycles. The number of hydrogen-bond acceptors (Lipinski definition) is 6. The molecule has 0 N–H and O–H groups in total. The molecule has 6 aromatic rings. The molecule has 274 valence electrons. The second-order valence-electron chi connectivity index (χ2n) is 13.3. The number of hydrogen-bond donors (Lipinski definition) is 0. The second kappa shape index (κ2) is 15.2. The maximum atomic E-state index is 13.5. The predicted molar refractivity (Wildman–Crippen MR) is 212 cm³/mol. The number of alkyl halides is 1. The van der Waals surface area contributed by atoms with E-state index < -0.39 is 30.1 Å². The van der Waals surface area contributed by atoms with Gasteiger partial charge in [-0.05, 0) is 123 Å². The van der Waals surface area contributed by atoms with Crippen molar-refractivity contribution in [2.24, 2.45) is 0 Å². The summed E-state index contributed by atoms with van der Waals surface area (Å²) in [6.07, 6.45) is 2.30. The molecule has 0 aliphatic rings. The van der Waals surface area contributed by atoms with E-state index in [1.165, 1.54) is 12.1 Å². The fourth-order valence-electron chi connectivity index (χ4n) is 6.28. The molecule has 6 rings (SSSR count). The predicted octanol–water partition coefficient (Wildman–Crippen LogP) is 11.9. The lowest BCUT2D eigenvalue weighted by atomic mass is 9.92. The van der Waals surface area contributed by atoms with E-state index in [0.29, 0.717) is 28.7 Å². The van der Waals surface area contributed by atoms with E-state index in [9.17, 15) is 16.8 Å². The molecule has 0 aromatic heterocycles. The molecule has 0 bridgehead atoms. The van der Waals surface area contributed by atoms with Crippen LogP contribution in [0.25, 0.3) is 10.8 Å². The molecule has 0 fully saturated rings. The number of fused-ring (bicyclic) bond motifs is 1. The van der Waals surface area contributed by atoms with E-state index in [-0.39, 0.29) is 19.6 Å². The summed E-state index contributed by atoms with van der Waals surface area (Å²) in [5.74, 6) is 1.68. The van der Waals surface area contributed by atoms with Crippen LogP contribution in [0.3, 0.4) is 0 Å². The van der Waals surface area contributed by atoms with Crippen LogP contribution in [-0.2, 0) is 30.1 Å². The Morgan fingerprint density at radius 2 is 1.00 bits per heavy atom. The summed E-state index contributed by atoms with van der Waals surface area (Å²) in [5.41, 5.74) is 0.915. The molecule has 0 spiro atoms. The van der Waals surface area contributed by atoms with Crippen LogP contribution in [0.4, 0.5) is 0 Å². The summed E-state index contributed by atoms with van der Waals surface area (Å²) >= 11 is 12.6. The van der Waals surface area contributed by atoms with Gasteiger partial charge in [-0.1, -0.05) is 80.4 Å². The Hall–Kier alpha value is -4.34. The molecular formula is C43H40Cl2O6S2. The topological polar surface area (TPSA) is 86.7 Å². The van der Waals surface area contributed by atoms with Crippen LogP contribution in [0.2, 0.25) is 5.02 Å². The summed E-state index contributed by atoms with van der Waals surface area (Å²) in [4.78, 5) is 0.138. The molecule has 0 aliphatic heterocycles. The maximum absolute atomic E-state index is 13.5. The van der Waals surface area contributed by atoms with Gasteiger partial charge in [-0.3, -0.25) is 0 Å². The smallest absolute Gasteiger partial charge is 0.206 e. The highest BCUT2D eigenvalue weighted by Gasteiger charge is 2.29. The second-order valence-corrected chi connectivity index (χ2v) is 18.5. The quantitative estimate of drug-likeness (QED) is 0.108. The summed E-state index contributed by atoms with van der Waals surface area (Å²) in [7, 11) is -7.48. The van der Waals surface area contributed by atoms with E-state index >= 15 is 0 Å². The van der Waals surface area contributed by atoms with Gasteiger partial charge in [0.1, 0.15) is 22.8 Å². The average molecular weight is 788 g/mol. The maximum Gasteiger partial charge on any atom is 0.206 e. The van der Waals surface area contributed by atoms with Gasteiger partial charge in [0.2, 0.25) is 19.7 Å². The zero-order valence-corrected chi connectivity index (χ0v) is 33.0. The highest BCUT2D eigenvalue weighted by molar-refractivity contribution is 7.91. The number of halogens is 2. The van der Waals surface area contributed by atoms with Crippen molar-refractivity contribution in [1.29, 1.82) is 0 Å². The molecule has 2 unspecified atom stereocenters. The van der Waals surface area contributed by atoms with Gasteiger partial charge in [-0.2, -0.15) is 0 Å². The first-order valence-electron chi connectivity index (χ1n) is 17.3. The van der Waals surface area contributed by atoms with Gasteiger partial charge in [0.15, 0.2) is 0 Å². The zero-order valence-electron chi connectivity index (χ0n) is 29.8. The Labute approximate surface area is 322 Å². The third kappa shape index (κ3) is 7.97. The van der Waals surface area contributed by atoms with Gasteiger partial charge < -0.3 is 9.47 Å². The van der Waals surface area contributed by atoms with Crippen LogP contribution in [0.5, 0.6) is 17.2 Å². The Morgan fingerprint density at radius 3 is 1.49 bits per heavy atom. The minimum Gasteiger partial charge on any atom is -0.482 e. The van der Waals surface area contributed by atoms with Crippen LogP contribution >= 0.6 is 23.2 Å². The molecule has 10 heteroatoms. The van der Waals surface area contributed by atoms with Crippen molar-refractivity contribution in [2.45, 2.75) is 77.0 Å². The molecular weight excluding hydrogens is 748 g/mol. The lowest BCUT2D eigenvalue weighted by Gasteiger charge is -2.31. The van der Waals surface area contributed by atoms with Gasteiger partial charge in [0, 0.05) is 15.8 Å². The number of rotatable bonds is 13. The van der Waals surface area contributed by atoms with Crippen molar-refractivity contribution in [3.63, 3.8) is 0 Å². The molecule has 53 heavy (non-hydrogen) atoms. The van der Waals surface area contributed by atoms with Crippen molar-refractivity contribution in [1.82, 2.24) is 0 Å². The summed E-state index contributed by atoms with van der Waals surface area (Å²) in [5, 5.41) is 2.09. The Bertz CT molecular complexity index is 2450. The molecule has 6 aromatic carbocycles. The number of ether oxygens (including phenoxy) is 2. The van der Waals surface area contributed by atoms with Crippen molar-refractivity contribution in [3.8, 4) is 17.2 Å². The van der Waals surface area contributed by atoms with Gasteiger partial charge in [-0.15, -0.1) is 11.6 Å². The molecule has 2 atom stereocenters. The highest BCUT2D eigenvalue weighted by Crippen LogP contribution is 2.41. The van der Waals surface area contributed by atoms with Crippen molar-refractivity contribution in [2.75, 3.05) is 0 Å². The molecule has 0 heterocycles. The van der Waals surface area contributed by atoms with E-state index in [1.54, 1.807) is 84.9 Å². The third-order valence-electron chi connectivity index (χ3n) is 9.60. The van der Waals surface area contributed by atoms with Crippen LogP contribution in [0.15, 0.2) is 153 Å². The first-order chi connectivity index (χ1) is 25.2. The fraction of sp³-hybridized carbons (Fsp3) is 0.209. The summed E-state index contributed by atoms with van der Waals surface area (Å²) in [6.45, 7) is 7.99. The van der Waals surface area contributed by atoms with Gasteiger partial charge in [0.05, 0.1) is 24.5 Å². The molecule has 0 saturated carbocycles. The fourth-order valence-corrected chi connectivity index (χ4v) is 9.24. The van der Waals surface area contributed by atoms with Crippen LogP contribution < -0.4 is 9.47 Å². The highest BCUT2D eigenvalue weighted by atomic mass is 35.5. The van der Waals surface area contributed by atoms with Crippen LogP contribution in [-0.4, -0.2) is 16.8 Å². The first kappa shape index (κ1) is 38.4. The molecule has 0 radical (unpaired) electrons. The van der Waals surface area contributed by atoms with Crippen molar-refractivity contribution >= 4 is 53.6 Å². The number of sulfone groups is 2. The lowest BCUT2D eigenvalue weighted by Crippen LogP contribution is -2.28. The van der Waals surface area contributed by atoms with Gasteiger partial charge in [0.25, 0.3) is 0 Å². The first-order valence-corrected chi connectivity index (χ1v) is 21.0. The van der Waals surface area contributed by atoms with E-state index in [1.807, 2.05) is 57.2 Å². The van der Waals surface area contributed by atoms with E-state index in [4.69, 9.17) is 32.7 Å². The van der Waals surface area contributed by atoms with Gasteiger partial charge >= 0.3 is 0 Å². The van der Waals surface area contributed by atoms with E-state index in [0.717, 1.165) is 34.7 Å². The average Bonchev–Trinajstić information content (AvgIpc) is 3.16. The summed E-state index contributed by atoms with van der Waals surface area (Å²) < 4.78 is 66.4. The Morgan fingerprint density at radius 1 is 0.566 bits per heavy atom. The summed E-state index contributed by atoms with van der Waals surface area (Å²) in [6, 6.07) is 37.4. The monoisotopic (exact) mass is 786 g/mol. The molecule has 0 saturated heterocycles. The number of benzene rings is 6. The SMILES string of the molecule is CCCC(C)(Cl)c1ccc(S(=O)(=O)c2ccc(Oc3ccc(OC(C)(CC)c4ccc(S(=O)(=O)c5ccc(Cl)cc5)cc4)c4ccccc34)cc2)cc1. The Balaban J connectivity index is 1.21. The van der Waals surface area contributed by atoms with Crippen LogP contribution in [0.1, 0.15) is 58.1 Å². The van der Waals surface area contributed by atoms with Crippen LogP contribution in [0, 0.1) is 0 Å². The van der Waals surface area contributed by atoms with Crippen molar-refractivity contribution < 1.29 is 26.3 Å². The minimum atomic E-state index is -3.76.